The number of nitrogens with one attached hydrogen (secondary N) is 1. The molecule has 0 bridgehead atoms. The molecule has 7 heteroatoms. The molecule has 4 nitrogen and oxygen atoms in total. The zero-order valence-corrected chi connectivity index (χ0v) is 11.5. The van der Waals surface area contributed by atoms with Crippen LogP contribution in [0.3, 0.4) is 0 Å². The van der Waals surface area contributed by atoms with Crippen LogP contribution in [-0.4, -0.2) is 23.5 Å². The van der Waals surface area contributed by atoms with E-state index in [0.29, 0.717) is 6.42 Å². The molecule has 0 saturated heterocycles. The van der Waals surface area contributed by atoms with E-state index in [1.807, 2.05) is 0 Å². The van der Waals surface area contributed by atoms with Crippen molar-refractivity contribution in [2.45, 2.75) is 12.8 Å². The molecular weight excluding hydrogens is 328 g/mol. The van der Waals surface area contributed by atoms with Crippen LogP contribution < -0.4 is 5.32 Å². The van der Waals surface area contributed by atoms with E-state index in [2.05, 4.69) is 21.2 Å². The first-order valence-electron chi connectivity index (χ1n) is 5.06. The van der Waals surface area contributed by atoms with E-state index in [-0.39, 0.29) is 28.0 Å². The van der Waals surface area contributed by atoms with Gasteiger partial charge in [-0.15, -0.1) is 0 Å². The van der Waals surface area contributed by atoms with Crippen molar-refractivity contribution in [1.82, 2.24) is 5.32 Å². The summed E-state index contributed by atoms with van der Waals surface area (Å²) >= 11 is 8.61. The van der Waals surface area contributed by atoms with Crippen LogP contribution in [0, 0.1) is 5.82 Å². The van der Waals surface area contributed by atoms with Gasteiger partial charge in [0.25, 0.3) is 5.91 Å². The first kappa shape index (κ1) is 14.9. The summed E-state index contributed by atoms with van der Waals surface area (Å²) in [7, 11) is 0. The number of carbonyl (C=O) groups excluding carboxylic acids is 1. The number of halogens is 3. The van der Waals surface area contributed by atoms with Gasteiger partial charge in [-0.2, -0.15) is 0 Å². The zero-order valence-electron chi connectivity index (χ0n) is 9.17. The van der Waals surface area contributed by atoms with Crippen molar-refractivity contribution >= 4 is 39.4 Å². The quantitative estimate of drug-likeness (QED) is 0.641. The molecule has 1 aromatic carbocycles. The lowest BCUT2D eigenvalue weighted by Gasteiger charge is -2.07. The van der Waals surface area contributed by atoms with E-state index in [0.717, 1.165) is 6.07 Å². The van der Waals surface area contributed by atoms with Crippen molar-refractivity contribution in [3.05, 3.63) is 33.0 Å². The van der Waals surface area contributed by atoms with Crippen LogP contribution >= 0.6 is 27.5 Å². The molecule has 0 fully saturated rings. The number of aliphatic carboxylic acids is 1. The minimum absolute atomic E-state index is 0.0302. The molecule has 98 valence electrons. The van der Waals surface area contributed by atoms with Gasteiger partial charge in [0.05, 0.1) is 10.0 Å². The first-order valence-corrected chi connectivity index (χ1v) is 6.23. The van der Waals surface area contributed by atoms with Gasteiger partial charge in [0.15, 0.2) is 0 Å². The SMILES string of the molecule is O=C(O)CCCNC(=O)c1cc(Cl)cc(F)c1Br. The summed E-state index contributed by atoms with van der Waals surface area (Å²) in [6.07, 6.45) is 0.271. The summed E-state index contributed by atoms with van der Waals surface area (Å²) in [4.78, 5) is 22.0. The van der Waals surface area contributed by atoms with Gasteiger partial charge in [0.1, 0.15) is 5.82 Å². The molecule has 0 aliphatic carbocycles. The van der Waals surface area contributed by atoms with Crippen LogP contribution in [0.15, 0.2) is 16.6 Å². The largest absolute Gasteiger partial charge is 0.481 e. The van der Waals surface area contributed by atoms with E-state index in [9.17, 15) is 14.0 Å². The highest BCUT2D eigenvalue weighted by Gasteiger charge is 2.14. The van der Waals surface area contributed by atoms with Crippen LogP contribution in [0.4, 0.5) is 4.39 Å². The maximum Gasteiger partial charge on any atom is 0.303 e. The van der Waals surface area contributed by atoms with Crippen molar-refractivity contribution in [2.24, 2.45) is 0 Å². The Bertz CT molecular complexity index is 482. The maximum atomic E-state index is 13.3. The van der Waals surface area contributed by atoms with Crippen molar-refractivity contribution in [3.8, 4) is 0 Å². The van der Waals surface area contributed by atoms with E-state index in [4.69, 9.17) is 16.7 Å². The molecule has 0 radical (unpaired) electrons. The minimum atomic E-state index is -0.931. The molecule has 0 aliphatic heterocycles. The van der Waals surface area contributed by atoms with Crippen LogP contribution in [0.1, 0.15) is 23.2 Å². The Morgan fingerprint density at radius 1 is 1.44 bits per heavy atom. The molecular formula is C11H10BrClFNO3. The Kier molecular flexibility index (Phi) is 5.55. The number of hydrogen-bond donors (Lipinski definition) is 2. The van der Waals surface area contributed by atoms with Gasteiger partial charge in [0.2, 0.25) is 0 Å². The second-order valence-electron chi connectivity index (χ2n) is 3.50. The molecule has 2 N–H and O–H groups in total. The van der Waals surface area contributed by atoms with Gasteiger partial charge in [0, 0.05) is 18.0 Å². The molecule has 0 saturated carbocycles. The molecule has 0 spiro atoms. The minimum Gasteiger partial charge on any atom is -0.481 e. The second kappa shape index (κ2) is 6.70. The Morgan fingerprint density at radius 2 is 2.11 bits per heavy atom. The maximum absolute atomic E-state index is 13.3. The fourth-order valence-corrected chi connectivity index (χ4v) is 1.87. The molecule has 0 heterocycles. The number of rotatable bonds is 5. The number of carbonyl (C=O) groups is 2. The molecule has 0 atom stereocenters. The predicted octanol–water partition coefficient (Wildman–Crippen LogP) is 2.84. The first-order chi connectivity index (χ1) is 8.41. The molecule has 0 aromatic heterocycles. The summed E-state index contributed by atoms with van der Waals surface area (Å²) in [5.74, 6) is -2.06. The standard InChI is InChI=1S/C11H10BrClFNO3/c12-10-7(4-6(13)5-8(10)14)11(18)15-3-1-2-9(16)17/h4-5H,1-3H2,(H,15,18)(H,16,17). The zero-order chi connectivity index (χ0) is 13.7. The lowest BCUT2D eigenvalue weighted by Crippen LogP contribution is -2.25. The van der Waals surface area contributed by atoms with Crippen molar-refractivity contribution in [3.63, 3.8) is 0 Å². The molecule has 18 heavy (non-hydrogen) atoms. The van der Waals surface area contributed by atoms with Gasteiger partial charge < -0.3 is 10.4 Å². The summed E-state index contributed by atoms with van der Waals surface area (Å²) in [6, 6.07) is 2.42. The summed E-state index contributed by atoms with van der Waals surface area (Å²) in [5, 5.41) is 11.0. The van der Waals surface area contributed by atoms with Crippen LogP contribution in [-0.2, 0) is 4.79 Å². The smallest absolute Gasteiger partial charge is 0.303 e. The average molecular weight is 339 g/mol. The van der Waals surface area contributed by atoms with Gasteiger partial charge in [-0.05, 0) is 34.5 Å². The predicted molar refractivity (Wildman–Crippen MR) is 68.3 cm³/mol. The third-order valence-electron chi connectivity index (χ3n) is 2.09. The highest BCUT2D eigenvalue weighted by Crippen LogP contribution is 2.25. The Labute approximate surface area is 116 Å². The fraction of sp³-hybridized carbons (Fsp3) is 0.273. The van der Waals surface area contributed by atoms with Gasteiger partial charge in [-0.1, -0.05) is 11.6 Å². The number of benzene rings is 1. The third-order valence-corrected chi connectivity index (χ3v) is 3.11. The summed E-state index contributed by atoms with van der Waals surface area (Å²) in [6.45, 7) is 0.200. The molecule has 1 rings (SSSR count). The van der Waals surface area contributed by atoms with E-state index in [1.54, 1.807) is 0 Å². The van der Waals surface area contributed by atoms with Crippen molar-refractivity contribution in [2.75, 3.05) is 6.54 Å². The van der Waals surface area contributed by atoms with Gasteiger partial charge in [-0.3, -0.25) is 9.59 Å². The molecule has 0 aliphatic rings. The van der Waals surface area contributed by atoms with Crippen LogP contribution in [0.5, 0.6) is 0 Å². The number of amides is 1. The average Bonchev–Trinajstić information content (AvgIpc) is 2.28. The monoisotopic (exact) mass is 337 g/mol. The number of carboxylic acid groups (broad SMARTS) is 1. The highest BCUT2D eigenvalue weighted by molar-refractivity contribution is 9.10. The normalized spacial score (nSPS) is 10.2. The molecule has 1 amide bonds. The number of hydrogen-bond acceptors (Lipinski definition) is 2. The topological polar surface area (TPSA) is 66.4 Å². The lowest BCUT2D eigenvalue weighted by atomic mass is 10.2. The highest BCUT2D eigenvalue weighted by atomic mass is 79.9. The van der Waals surface area contributed by atoms with Crippen molar-refractivity contribution < 1.29 is 19.1 Å². The van der Waals surface area contributed by atoms with E-state index < -0.39 is 17.7 Å². The fourth-order valence-electron chi connectivity index (χ4n) is 1.26. The Morgan fingerprint density at radius 3 is 2.72 bits per heavy atom. The second-order valence-corrected chi connectivity index (χ2v) is 4.73. The third kappa shape index (κ3) is 4.27. The van der Waals surface area contributed by atoms with E-state index in [1.165, 1.54) is 6.07 Å². The van der Waals surface area contributed by atoms with Crippen LogP contribution in [0.25, 0.3) is 0 Å². The summed E-state index contributed by atoms with van der Waals surface area (Å²) < 4.78 is 13.3. The van der Waals surface area contributed by atoms with E-state index >= 15 is 0 Å². The Hall–Kier alpha value is -1.14. The van der Waals surface area contributed by atoms with Gasteiger partial charge >= 0.3 is 5.97 Å². The van der Waals surface area contributed by atoms with Crippen molar-refractivity contribution in [1.29, 1.82) is 0 Å². The van der Waals surface area contributed by atoms with Crippen LogP contribution in [0.2, 0.25) is 5.02 Å². The van der Waals surface area contributed by atoms with Gasteiger partial charge in [-0.25, -0.2) is 4.39 Å². The Balaban J connectivity index is 2.64. The number of carboxylic acids is 1. The lowest BCUT2D eigenvalue weighted by molar-refractivity contribution is -0.137. The summed E-state index contributed by atoms with van der Waals surface area (Å²) in [5.41, 5.74) is 0.0790. The molecule has 1 aromatic rings. The molecule has 0 unspecified atom stereocenters.